The van der Waals surface area contributed by atoms with Crippen LogP contribution in [0.1, 0.15) is 17.4 Å². The van der Waals surface area contributed by atoms with E-state index in [1.807, 2.05) is 30.3 Å². The van der Waals surface area contributed by atoms with E-state index in [2.05, 4.69) is 4.98 Å². The van der Waals surface area contributed by atoms with Crippen molar-refractivity contribution in [2.24, 2.45) is 0 Å². The number of rotatable bonds is 2. The van der Waals surface area contributed by atoms with Crippen molar-refractivity contribution in [2.45, 2.75) is 6.10 Å². The lowest BCUT2D eigenvalue weighted by atomic mass is 10.1. The van der Waals surface area contributed by atoms with E-state index in [-0.39, 0.29) is 0 Å². The van der Waals surface area contributed by atoms with Crippen LogP contribution in [0.3, 0.4) is 0 Å². The van der Waals surface area contributed by atoms with Gasteiger partial charge in [-0.25, -0.2) is 0 Å². The lowest BCUT2D eigenvalue weighted by molar-refractivity contribution is 0.217. The first kappa shape index (κ1) is 8.84. The van der Waals surface area contributed by atoms with Crippen LogP contribution >= 0.6 is 0 Å². The van der Waals surface area contributed by atoms with Gasteiger partial charge >= 0.3 is 0 Å². The van der Waals surface area contributed by atoms with Crippen LogP contribution < -0.4 is 5.73 Å². The van der Waals surface area contributed by atoms with Crippen LogP contribution in [0.5, 0.6) is 0 Å². The van der Waals surface area contributed by atoms with Gasteiger partial charge in [-0.2, -0.15) is 0 Å². The minimum Gasteiger partial charge on any atom is -0.398 e. The number of aromatic nitrogens is 1. The minimum absolute atomic E-state index is 0.606. The third kappa shape index (κ3) is 1.49. The van der Waals surface area contributed by atoms with Gasteiger partial charge in [0, 0.05) is 23.1 Å². The highest BCUT2D eigenvalue weighted by Gasteiger charge is 2.12. The van der Waals surface area contributed by atoms with Crippen LogP contribution in [0.4, 0.5) is 5.69 Å². The van der Waals surface area contributed by atoms with Crippen LogP contribution in [0, 0.1) is 0 Å². The van der Waals surface area contributed by atoms with Crippen LogP contribution in [0.2, 0.25) is 0 Å². The highest BCUT2D eigenvalue weighted by atomic mass is 16.3. The Hall–Kier alpha value is -1.74. The summed E-state index contributed by atoms with van der Waals surface area (Å²) in [6.45, 7) is 0. The van der Waals surface area contributed by atoms with E-state index in [1.165, 1.54) is 0 Å². The van der Waals surface area contributed by atoms with Crippen molar-refractivity contribution in [2.75, 3.05) is 5.73 Å². The highest BCUT2D eigenvalue weighted by molar-refractivity contribution is 5.49. The standard InChI is InChI=1S/C11H12N2O/c12-9-5-2-1-4-8(9)11(14)10-6-3-7-13-10/h1-7,11,13-14H,12H2. The van der Waals surface area contributed by atoms with Crippen molar-refractivity contribution in [3.05, 3.63) is 53.9 Å². The molecule has 0 aliphatic carbocycles. The highest BCUT2D eigenvalue weighted by Crippen LogP contribution is 2.24. The second-order valence-electron chi connectivity index (χ2n) is 3.16. The second kappa shape index (κ2) is 3.55. The molecular formula is C11H12N2O. The van der Waals surface area contributed by atoms with Gasteiger partial charge in [0.1, 0.15) is 6.10 Å². The average molecular weight is 188 g/mol. The molecule has 72 valence electrons. The van der Waals surface area contributed by atoms with Crippen molar-refractivity contribution >= 4 is 5.69 Å². The third-order valence-electron chi connectivity index (χ3n) is 2.21. The summed E-state index contributed by atoms with van der Waals surface area (Å²) >= 11 is 0. The topological polar surface area (TPSA) is 62.0 Å². The summed E-state index contributed by atoms with van der Waals surface area (Å²) in [5.74, 6) is 0. The Morgan fingerprint density at radius 3 is 2.57 bits per heavy atom. The predicted octanol–water partition coefficient (Wildman–Crippen LogP) is 1.68. The molecule has 0 bridgehead atoms. The zero-order valence-electron chi connectivity index (χ0n) is 7.64. The van der Waals surface area contributed by atoms with Crippen LogP contribution in [-0.2, 0) is 0 Å². The number of nitrogens with one attached hydrogen (secondary N) is 1. The number of para-hydroxylation sites is 1. The van der Waals surface area contributed by atoms with E-state index >= 15 is 0 Å². The number of nitrogen functional groups attached to an aromatic ring is 1. The molecule has 1 aromatic carbocycles. The monoisotopic (exact) mass is 188 g/mol. The van der Waals surface area contributed by atoms with E-state index in [0.717, 1.165) is 11.3 Å². The SMILES string of the molecule is Nc1ccccc1C(O)c1ccc[nH]1. The fraction of sp³-hybridized carbons (Fsp3) is 0.0909. The van der Waals surface area contributed by atoms with E-state index in [0.29, 0.717) is 5.69 Å². The van der Waals surface area contributed by atoms with Gasteiger partial charge in [0.05, 0.1) is 0 Å². The zero-order chi connectivity index (χ0) is 9.97. The van der Waals surface area contributed by atoms with Gasteiger partial charge in [0.2, 0.25) is 0 Å². The largest absolute Gasteiger partial charge is 0.398 e. The lowest BCUT2D eigenvalue weighted by Gasteiger charge is -2.11. The van der Waals surface area contributed by atoms with Crippen molar-refractivity contribution in [3.63, 3.8) is 0 Å². The number of aliphatic hydroxyl groups is 1. The van der Waals surface area contributed by atoms with Crippen LogP contribution in [0.25, 0.3) is 0 Å². The Labute approximate surface area is 82.2 Å². The molecule has 1 unspecified atom stereocenters. The van der Waals surface area contributed by atoms with Crippen molar-refractivity contribution in [3.8, 4) is 0 Å². The first-order valence-corrected chi connectivity index (χ1v) is 4.45. The number of aliphatic hydroxyl groups excluding tert-OH is 1. The first-order chi connectivity index (χ1) is 6.79. The molecule has 1 atom stereocenters. The summed E-state index contributed by atoms with van der Waals surface area (Å²) in [7, 11) is 0. The quantitative estimate of drug-likeness (QED) is 0.628. The normalized spacial score (nSPS) is 12.6. The molecule has 0 amide bonds. The number of aromatic amines is 1. The van der Waals surface area contributed by atoms with Gasteiger partial charge in [0.25, 0.3) is 0 Å². The molecule has 4 N–H and O–H groups in total. The Balaban J connectivity index is 2.37. The van der Waals surface area contributed by atoms with Crippen molar-refractivity contribution < 1.29 is 5.11 Å². The molecule has 0 saturated carbocycles. The molecule has 0 fully saturated rings. The Kier molecular flexibility index (Phi) is 2.24. The lowest BCUT2D eigenvalue weighted by Crippen LogP contribution is -2.03. The molecule has 0 radical (unpaired) electrons. The molecule has 1 heterocycles. The Bertz CT molecular complexity index is 409. The maximum Gasteiger partial charge on any atom is 0.121 e. The molecule has 0 saturated heterocycles. The van der Waals surface area contributed by atoms with Crippen molar-refractivity contribution in [1.29, 1.82) is 0 Å². The van der Waals surface area contributed by atoms with Gasteiger partial charge < -0.3 is 15.8 Å². The second-order valence-corrected chi connectivity index (χ2v) is 3.16. The molecule has 2 aromatic rings. The number of hydrogen-bond acceptors (Lipinski definition) is 2. The van der Waals surface area contributed by atoms with Crippen LogP contribution in [-0.4, -0.2) is 10.1 Å². The summed E-state index contributed by atoms with van der Waals surface area (Å²) in [6.07, 6.45) is 1.10. The number of nitrogens with two attached hydrogens (primary N) is 1. The smallest absolute Gasteiger partial charge is 0.121 e. The van der Waals surface area contributed by atoms with Gasteiger partial charge in [-0.15, -0.1) is 0 Å². The fourth-order valence-corrected chi connectivity index (χ4v) is 1.44. The van der Waals surface area contributed by atoms with Gasteiger partial charge in [-0.3, -0.25) is 0 Å². The molecule has 0 spiro atoms. The van der Waals surface area contributed by atoms with E-state index < -0.39 is 6.10 Å². The number of H-pyrrole nitrogens is 1. The molecule has 2 rings (SSSR count). The molecule has 14 heavy (non-hydrogen) atoms. The average Bonchev–Trinajstić information content (AvgIpc) is 2.70. The zero-order valence-corrected chi connectivity index (χ0v) is 7.64. The maximum atomic E-state index is 9.95. The number of benzene rings is 1. The molecular weight excluding hydrogens is 176 g/mol. The molecule has 3 nitrogen and oxygen atoms in total. The van der Waals surface area contributed by atoms with E-state index in [4.69, 9.17) is 5.73 Å². The Morgan fingerprint density at radius 1 is 1.14 bits per heavy atom. The fourth-order valence-electron chi connectivity index (χ4n) is 1.44. The van der Waals surface area contributed by atoms with Gasteiger partial charge in [-0.05, 0) is 18.2 Å². The van der Waals surface area contributed by atoms with E-state index in [1.54, 1.807) is 12.3 Å². The summed E-state index contributed by atoms with van der Waals surface area (Å²) in [5.41, 5.74) is 7.84. The molecule has 0 aliphatic rings. The van der Waals surface area contributed by atoms with Gasteiger partial charge in [0.15, 0.2) is 0 Å². The molecule has 1 aromatic heterocycles. The number of hydrogen-bond donors (Lipinski definition) is 3. The summed E-state index contributed by atoms with van der Waals surface area (Å²) in [5, 5.41) is 9.95. The minimum atomic E-state index is -0.675. The van der Waals surface area contributed by atoms with E-state index in [9.17, 15) is 5.11 Å². The molecule has 0 aliphatic heterocycles. The van der Waals surface area contributed by atoms with Gasteiger partial charge in [-0.1, -0.05) is 18.2 Å². The van der Waals surface area contributed by atoms with Crippen molar-refractivity contribution in [1.82, 2.24) is 4.98 Å². The number of anilines is 1. The third-order valence-corrected chi connectivity index (χ3v) is 2.21. The molecule has 3 heteroatoms. The van der Waals surface area contributed by atoms with Crippen LogP contribution in [0.15, 0.2) is 42.6 Å². The first-order valence-electron chi connectivity index (χ1n) is 4.45. The summed E-state index contributed by atoms with van der Waals surface area (Å²) in [6, 6.07) is 11.0. The Morgan fingerprint density at radius 2 is 1.93 bits per heavy atom. The summed E-state index contributed by atoms with van der Waals surface area (Å²) < 4.78 is 0. The summed E-state index contributed by atoms with van der Waals surface area (Å²) in [4.78, 5) is 2.96. The maximum absolute atomic E-state index is 9.95. The predicted molar refractivity (Wildman–Crippen MR) is 55.7 cm³/mol.